The summed E-state index contributed by atoms with van der Waals surface area (Å²) < 4.78 is 54.6. The maximum absolute atomic E-state index is 12.8. The monoisotopic (exact) mass is 462 g/mol. The molecule has 8 heteroatoms. The van der Waals surface area contributed by atoms with Crippen molar-refractivity contribution in [3.05, 3.63) is 77.0 Å². The van der Waals surface area contributed by atoms with Crippen molar-refractivity contribution >= 4 is 5.97 Å². The number of rotatable bonds is 8. The number of aliphatic hydroxyl groups excluding tert-OH is 1. The van der Waals surface area contributed by atoms with Crippen LogP contribution in [0.2, 0.25) is 0 Å². The fraction of sp³-hybridized carbons (Fsp3) is 0.320. The van der Waals surface area contributed by atoms with Crippen molar-refractivity contribution in [3.8, 4) is 17.1 Å². The molecule has 0 spiro atoms. The molecule has 1 aromatic heterocycles. The smallest absolute Gasteiger partial charge is 0.416 e. The van der Waals surface area contributed by atoms with Crippen LogP contribution in [0.1, 0.15) is 36.3 Å². The first-order valence-corrected chi connectivity index (χ1v) is 10.2. The summed E-state index contributed by atoms with van der Waals surface area (Å²) in [6.07, 6.45) is -3.91. The topological polar surface area (TPSA) is 68.9 Å². The molecule has 0 saturated carbocycles. The molecule has 3 aromatic rings. The third kappa shape index (κ3) is 5.96. The third-order valence-corrected chi connectivity index (χ3v) is 5.24. The van der Waals surface area contributed by atoms with E-state index in [9.17, 15) is 23.1 Å². The molecule has 3 rings (SSSR count). The van der Waals surface area contributed by atoms with Gasteiger partial charge in [-0.25, -0.2) is 0 Å². The van der Waals surface area contributed by atoms with Crippen molar-refractivity contribution in [1.29, 1.82) is 0 Å². The highest BCUT2D eigenvalue weighted by Gasteiger charge is 2.30. The van der Waals surface area contributed by atoms with E-state index in [1.54, 1.807) is 18.2 Å². The predicted molar refractivity (Wildman–Crippen MR) is 115 cm³/mol. The van der Waals surface area contributed by atoms with E-state index < -0.39 is 17.2 Å². The van der Waals surface area contributed by atoms with Crippen LogP contribution >= 0.6 is 0 Å². The number of methoxy groups -OCH3 is 1. The Morgan fingerprint density at radius 3 is 2.21 bits per heavy atom. The molecular weight excluding hydrogens is 437 g/mol. The maximum atomic E-state index is 12.8. The quantitative estimate of drug-likeness (QED) is 0.430. The number of benzene rings is 2. The summed E-state index contributed by atoms with van der Waals surface area (Å²) in [4.78, 5) is 11.9. The molecule has 33 heavy (non-hydrogen) atoms. The molecule has 0 atom stereocenters. The van der Waals surface area contributed by atoms with Crippen LogP contribution in [-0.2, 0) is 35.3 Å². The molecular formula is C25H25F3O5. The molecule has 0 saturated heterocycles. The van der Waals surface area contributed by atoms with E-state index in [-0.39, 0.29) is 19.2 Å². The van der Waals surface area contributed by atoms with Crippen molar-refractivity contribution < 1.29 is 37.0 Å². The second-order valence-electron chi connectivity index (χ2n) is 8.28. The van der Waals surface area contributed by atoms with Gasteiger partial charge in [-0.15, -0.1) is 0 Å². The number of alkyl halides is 3. The Morgan fingerprint density at radius 2 is 1.67 bits per heavy atom. The number of carbonyl (C=O) groups is 1. The number of hydrogen-bond acceptors (Lipinski definition) is 5. The lowest BCUT2D eigenvalue weighted by molar-refractivity contribution is -0.150. The zero-order valence-electron chi connectivity index (χ0n) is 18.5. The lowest BCUT2D eigenvalue weighted by atomic mass is 9.86. The van der Waals surface area contributed by atoms with Crippen LogP contribution in [0.5, 0.6) is 5.75 Å². The predicted octanol–water partition coefficient (Wildman–Crippen LogP) is 5.78. The van der Waals surface area contributed by atoms with Crippen molar-refractivity contribution in [2.24, 2.45) is 5.41 Å². The Bertz CT molecular complexity index is 1080. The molecule has 5 nitrogen and oxygen atoms in total. The van der Waals surface area contributed by atoms with Gasteiger partial charge in [0.25, 0.3) is 0 Å². The van der Waals surface area contributed by atoms with Crippen LogP contribution in [0.3, 0.4) is 0 Å². The lowest BCUT2D eigenvalue weighted by Gasteiger charge is -2.21. The molecule has 176 valence electrons. The minimum Gasteiger partial charge on any atom is -0.486 e. The Balaban J connectivity index is 1.68. The van der Waals surface area contributed by atoms with Gasteiger partial charge in [0.2, 0.25) is 0 Å². The average Bonchev–Trinajstić information content (AvgIpc) is 3.20. The van der Waals surface area contributed by atoms with Crippen LogP contribution in [0.15, 0.2) is 59.0 Å². The highest BCUT2D eigenvalue weighted by Crippen LogP contribution is 2.32. The zero-order valence-corrected chi connectivity index (χ0v) is 18.5. The molecule has 0 fully saturated rings. The van der Waals surface area contributed by atoms with E-state index in [0.29, 0.717) is 34.8 Å². The van der Waals surface area contributed by atoms with E-state index in [0.717, 1.165) is 17.7 Å². The number of ether oxygens (including phenoxy) is 2. The minimum absolute atomic E-state index is 0.0313. The molecule has 0 aliphatic heterocycles. The standard InChI is InChI=1S/C25H25F3O5/c1-24(2,23(30)31-3)13-16-4-10-20(11-5-16)32-15-22-18(14-29)12-21(33-22)17-6-8-19(9-7-17)25(26,27)28/h4-12,29H,13-15H2,1-3H3. The SMILES string of the molecule is COC(=O)C(C)(C)Cc1ccc(OCc2oc(-c3ccc(C(F)(F)F)cc3)cc2CO)cc1. The molecule has 0 unspecified atom stereocenters. The summed E-state index contributed by atoms with van der Waals surface area (Å²) in [6, 6.07) is 13.4. The normalized spacial score (nSPS) is 12.0. The molecule has 2 aromatic carbocycles. The summed E-state index contributed by atoms with van der Waals surface area (Å²) in [7, 11) is 1.36. The Morgan fingerprint density at radius 1 is 1.03 bits per heavy atom. The molecule has 1 heterocycles. The van der Waals surface area contributed by atoms with Gasteiger partial charge in [-0.3, -0.25) is 4.79 Å². The Labute approximate surface area is 189 Å². The Hall–Kier alpha value is -3.26. The van der Waals surface area contributed by atoms with E-state index >= 15 is 0 Å². The largest absolute Gasteiger partial charge is 0.486 e. The minimum atomic E-state index is -4.42. The van der Waals surface area contributed by atoms with Crippen LogP contribution in [0.25, 0.3) is 11.3 Å². The Kier molecular flexibility index (Phi) is 7.17. The molecule has 0 amide bonds. The second-order valence-corrected chi connectivity index (χ2v) is 8.28. The molecule has 0 radical (unpaired) electrons. The van der Waals surface area contributed by atoms with E-state index in [2.05, 4.69) is 0 Å². The zero-order chi connectivity index (χ0) is 24.2. The first-order valence-electron chi connectivity index (χ1n) is 10.2. The number of esters is 1. The molecule has 1 N–H and O–H groups in total. The van der Waals surface area contributed by atoms with Gasteiger partial charge < -0.3 is 19.0 Å². The van der Waals surface area contributed by atoms with Gasteiger partial charge in [0, 0.05) is 11.1 Å². The van der Waals surface area contributed by atoms with Crippen LogP contribution in [0.4, 0.5) is 13.2 Å². The highest BCUT2D eigenvalue weighted by atomic mass is 19.4. The highest BCUT2D eigenvalue weighted by molar-refractivity contribution is 5.76. The van der Waals surface area contributed by atoms with Crippen molar-refractivity contribution in [3.63, 3.8) is 0 Å². The van der Waals surface area contributed by atoms with E-state index in [1.165, 1.54) is 19.2 Å². The molecule has 0 aliphatic rings. The van der Waals surface area contributed by atoms with Crippen molar-refractivity contribution in [1.82, 2.24) is 0 Å². The third-order valence-electron chi connectivity index (χ3n) is 5.24. The maximum Gasteiger partial charge on any atom is 0.416 e. The van der Waals surface area contributed by atoms with Gasteiger partial charge in [-0.2, -0.15) is 13.2 Å². The fourth-order valence-corrected chi connectivity index (χ4v) is 3.40. The molecule has 0 bridgehead atoms. The first-order chi connectivity index (χ1) is 15.5. The number of halogens is 3. The molecule has 0 aliphatic carbocycles. The fourth-order valence-electron chi connectivity index (χ4n) is 3.40. The second kappa shape index (κ2) is 9.70. The summed E-state index contributed by atoms with van der Waals surface area (Å²) >= 11 is 0. The van der Waals surface area contributed by atoms with Gasteiger partial charge in [-0.05, 0) is 56.2 Å². The van der Waals surface area contributed by atoms with E-state index in [4.69, 9.17) is 13.9 Å². The first kappa shape index (κ1) is 24.4. The van der Waals surface area contributed by atoms with Crippen LogP contribution < -0.4 is 4.74 Å². The number of carbonyl (C=O) groups excluding carboxylic acids is 1. The summed E-state index contributed by atoms with van der Waals surface area (Å²) in [5.41, 5.74) is 0.483. The van der Waals surface area contributed by atoms with Crippen molar-refractivity contribution in [2.75, 3.05) is 7.11 Å². The van der Waals surface area contributed by atoms with Crippen LogP contribution in [-0.4, -0.2) is 18.2 Å². The van der Waals surface area contributed by atoms with Crippen molar-refractivity contribution in [2.45, 2.75) is 39.7 Å². The number of hydrogen-bond donors (Lipinski definition) is 1. The summed E-state index contributed by atoms with van der Waals surface area (Å²) in [5.74, 6) is 0.988. The van der Waals surface area contributed by atoms with Gasteiger partial charge in [0.05, 0.1) is 24.7 Å². The van der Waals surface area contributed by atoms with Gasteiger partial charge in [-0.1, -0.05) is 24.3 Å². The lowest BCUT2D eigenvalue weighted by Crippen LogP contribution is -2.27. The summed E-state index contributed by atoms with van der Waals surface area (Å²) in [6.45, 7) is 3.35. The van der Waals surface area contributed by atoms with Crippen LogP contribution in [0, 0.1) is 5.41 Å². The number of furan rings is 1. The average molecular weight is 462 g/mol. The van der Waals surface area contributed by atoms with Gasteiger partial charge in [0.15, 0.2) is 0 Å². The van der Waals surface area contributed by atoms with Gasteiger partial charge >= 0.3 is 12.1 Å². The van der Waals surface area contributed by atoms with E-state index in [1.807, 2.05) is 26.0 Å². The summed E-state index contributed by atoms with van der Waals surface area (Å²) in [5, 5.41) is 9.63. The number of aliphatic hydroxyl groups is 1. The van der Waals surface area contributed by atoms with Gasteiger partial charge in [0.1, 0.15) is 23.9 Å².